The van der Waals surface area contributed by atoms with Crippen molar-refractivity contribution in [1.29, 1.82) is 0 Å². The molecule has 1 saturated heterocycles. The van der Waals surface area contributed by atoms with Gasteiger partial charge in [0.05, 0.1) is 29.0 Å². The minimum absolute atomic E-state index is 0.102. The topological polar surface area (TPSA) is 74.8 Å². The van der Waals surface area contributed by atoms with Crippen LogP contribution in [0.2, 0.25) is 0 Å². The van der Waals surface area contributed by atoms with Crippen LogP contribution in [0.15, 0.2) is 47.4 Å². The van der Waals surface area contributed by atoms with Gasteiger partial charge in [-0.05, 0) is 61.4 Å². The maximum absolute atomic E-state index is 13.7. The number of rotatable bonds is 4. The second-order valence-electron chi connectivity index (χ2n) is 9.17. The van der Waals surface area contributed by atoms with Gasteiger partial charge in [-0.1, -0.05) is 43.2 Å². The number of aryl methyl sites for hydroxylation is 2. The van der Waals surface area contributed by atoms with E-state index in [9.17, 15) is 18.0 Å². The van der Waals surface area contributed by atoms with Crippen molar-refractivity contribution in [2.45, 2.75) is 56.9 Å². The normalized spacial score (nSPS) is 23.3. The van der Waals surface area contributed by atoms with E-state index in [4.69, 9.17) is 0 Å². The third kappa shape index (κ3) is 3.43. The Kier molecular flexibility index (Phi) is 5.32. The monoisotopic (exact) mass is 452 g/mol. The van der Waals surface area contributed by atoms with E-state index >= 15 is 0 Å². The molecule has 0 radical (unpaired) electrons. The van der Waals surface area contributed by atoms with Crippen LogP contribution in [0, 0.1) is 18.8 Å². The summed E-state index contributed by atoms with van der Waals surface area (Å²) in [5.74, 6) is -0.603. The van der Waals surface area contributed by atoms with Crippen LogP contribution in [0.25, 0.3) is 0 Å². The van der Waals surface area contributed by atoms with Crippen molar-refractivity contribution in [1.82, 2.24) is 4.90 Å². The van der Waals surface area contributed by atoms with Crippen molar-refractivity contribution in [3.05, 3.63) is 59.2 Å². The number of carbonyl (C=O) groups excluding carboxylic acids is 2. The Morgan fingerprint density at radius 3 is 2.34 bits per heavy atom. The van der Waals surface area contributed by atoms with Crippen molar-refractivity contribution in [3.63, 3.8) is 0 Å². The summed E-state index contributed by atoms with van der Waals surface area (Å²) in [6, 6.07) is 12.9. The largest absolute Gasteiger partial charge is 0.278 e. The van der Waals surface area contributed by atoms with Gasteiger partial charge in [-0.2, -0.15) is 0 Å². The summed E-state index contributed by atoms with van der Waals surface area (Å²) in [5.41, 5.74) is 3.09. The molecule has 0 unspecified atom stereocenters. The number of para-hydroxylation sites is 1. The molecule has 0 bridgehead atoms. The lowest BCUT2D eigenvalue weighted by Gasteiger charge is -2.31. The number of anilines is 1. The van der Waals surface area contributed by atoms with Gasteiger partial charge < -0.3 is 0 Å². The number of sulfonamides is 1. The lowest BCUT2D eigenvalue weighted by atomic mass is 9.81. The maximum Gasteiger partial charge on any atom is 0.264 e. The SMILES string of the molecule is Cc1ccc(CN2C(=O)[C@H]3CCCC[C@H]3C2=O)cc1S(=O)(=O)N1CCCc2ccccc21. The van der Waals surface area contributed by atoms with Gasteiger partial charge in [-0.3, -0.25) is 18.8 Å². The summed E-state index contributed by atoms with van der Waals surface area (Å²) in [6.07, 6.45) is 5.15. The molecule has 2 amide bonds. The Hall–Kier alpha value is -2.67. The van der Waals surface area contributed by atoms with Gasteiger partial charge in [0.1, 0.15) is 0 Å². The van der Waals surface area contributed by atoms with E-state index in [2.05, 4.69) is 0 Å². The van der Waals surface area contributed by atoms with Crippen LogP contribution >= 0.6 is 0 Å². The van der Waals surface area contributed by atoms with Gasteiger partial charge in [0, 0.05) is 6.54 Å². The fraction of sp³-hybridized carbons (Fsp3) is 0.440. The number of amides is 2. The first-order valence-corrected chi connectivity index (χ1v) is 12.9. The third-order valence-electron chi connectivity index (χ3n) is 7.16. The second-order valence-corrected chi connectivity index (χ2v) is 11.0. The first-order chi connectivity index (χ1) is 15.4. The predicted octanol–water partition coefficient (Wildman–Crippen LogP) is 3.81. The fourth-order valence-corrected chi connectivity index (χ4v) is 7.28. The number of imide groups is 1. The molecule has 32 heavy (non-hydrogen) atoms. The molecule has 1 saturated carbocycles. The number of fused-ring (bicyclic) bond motifs is 2. The molecule has 6 nitrogen and oxygen atoms in total. The number of carbonyl (C=O) groups is 2. The Morgan fingerprint density at radius 2 is 1.62 bits per heavy atom. The number of hydrogen-bond donors (Lipinski definition) is 0. The number of hydrogen-bond acceptors (Lipinski definition) is 4. The Bertz CT molecular complexity index is 1170. The molecular formula is C25H28N2O4S. The summed E-state index contributed by atoms with van der Waals surface area (Å²) in [5, 5.41) is 0. The van der Waals surface area contributed by atoms with Crippen molar-refractivity contribution < 1.29 is 18.0 Å². The molecular weight excluding hydrogens is 424 g/mol. The van der Waals surface area contributed by atoms with Crippen molar-refractivity contribution >= 4 is 27.5 Å². The summed E-state index contributed by atoms with van der Waals surface area (Å²) in [6.45, 7) is 2.35. The van der Waals surface area contributed by atoms with Gasteiger partial charge in [0.25, 0.3) is 10.0 Å². The smallest absolute Gasteiger partial charge is 0.264 e. The van der Waals surface area contributed by atoms with E-state index in [1.165, 1.54) is 9.21 Å². The first kappa shape index (κ1) is 21.2. The molecule has 7 heteroatoms. The fourth-order valence-electron chi connectivity index (χ4n) is 5.46. The second kappa shape index (κ2) is 8.03. The molecule has 0 aromatic heterocycles. The number of likely N-dealkylation sites (tertiary alicyclic amines) is 1. The highest BCUT2D eigenvalue weighted by Crippen LogP contribution is 2.39. The zero-order chi connectivity index (χ0) is 22.5. The average molecular weight is 453 g/mol. The summed E-state index contributed by atoms with van der Waals surface area (Å²) in [4.78, 5) is 27.3. The molecule has 0 N–H and O–H groups in total. The predicted molar refractivity (Wildman–Crippen MR) is 121 cm³/mol. The lowest BCUT2D eigenvalue weighted by Crippen LogP contribution is -2.36. The van der Waals surface area contributed by atoms with Crippen LogP contribution in [0.4, 0.5) is 5.69 Å². The molecule has 2 atom stereocenters. The van der Waals surface area contributed by atoms with Gasteiger partial charge >= 0.3 is 0 Å². The van der Waals surface area contributed by atoms with E-state index in [-0.39, 0.29) is 35.1 Å². The van der Waals surface area contributed by atoms with E-state index in [0.717, 1.165) is 49.8 Å². The highest BCUT2D eigenvalue weighted by molar-refractivity contribution is 7.92. The minimum Gasteiger partial charge on any atom is -0.278 e. The Balaban J connectivity index is 1.46. The van der Waals surface area contributed by atoms with Crippen LogP contribution in [0.5, 0.6) is 0 Å². The van der Waals surface area contributed by atoms with Gasteiger partial charge in [-0.25, -0.2) is 8.42 Å². The van der Waals surface area contributed by atoms with Gasteiger partial charge in [0.15, 0.2) is 0 Å². The van der Waals surface area contributed by atoms with Crippen molar-refractivity contribution in [2.24, 2.45) is 11.8 Å². The summed E-state index contributed by atoms with van der Waals surface area (Å²) >= 11 is 0. The molecule has 0 spiro atoms. The third-order valence-corrected chi connectivity index (χ3v) is 9.12. The molecule has 2 fully saturated rings. The summed E-state index contributed by atoms with van der Waals surface area (Å²) in [7, 11) is -3.77. The summed E-state index contributed by atoms with van der Waals surface area (Å²) < 4.78 is 28.8. The molecule has 5 rings (SSSR count). The lowest BCUT2D eigenvalue weighted by molar-refractivity contribution is -0.140. The van der Waals surface area contributed by atoms with Crippen molar-refractivity contribution in [2.75, 3.05) is 10.8 Å². The Morgan fingerprint density at radius 1 is 0.938 bits per heavy atom. The Labute approximate surface area is 189 Å². The highest BCUT2D eigenvalue weighted by Gasteiger charge is 2.48. The minimum atomic E-state index is -3.77. The number of benzene rings is 2. The molecule has 2 heterocycles. The number of nitrogens with zero attached hydrogens (tertiary/aromatic N) is 2. The molecule has 3 aliphatic rings. The van der Waals surface area contributed by atoms with E-state index in [0.29, 0.717) is 17.7 Å². The first-order valence-electron chi connectivity index (χ1n) is 11.4. The van der Waals surface area contributed by atoms with Crippen LogP contribution < -0.4 is 4.31 Å². The van der Waals surface area contributed by atoms with E-state index in [1.807, 2.05) is 30.3 Å². The molecule has 2 aliphatic heterocycles. The van der Waals surface area contributed by atoms with E-state index in [1.54, 1.807) is 19.1 Å². The van der Waals surface area contributed by atoms with Crippen LogP contribution in [0.1, 0.15) is 48.8 Å². The van der Waals surface area contributed by atoms with Crippen LogP contribution in [-0.2, 0) is 32.6 Å². The average Bonchev–Trinajstić information content (AvgIpc) is 3.04. The zero-order valence-corrected chi connectivity index (χ0v) is 19.1. The molecule has 2 aromatic rings. The molecule has 2 aromatic carbocycles. The van der Waals surface area contributed by atoms with Crippen LogP contribution in [-0.4, -0.2) is 31.7 Å². The van der Waals surface area contributed by atoms with Gasteiger partial charge in [0.2, 0.25) is 11.8 Å². The van der Waals surface area contributed by atoms with Crippen molar-refractivity contribution in [3.8, 4) is 0 Å². The standard InChI is InChI=1S/C25H28N2O4S/c1-17-12-13-18(16-26-24(28)20-9-3-4-10-21(20)25(26)29)15-23(17)32(30,31)27-14-6-8-19-7-2-5-11-22(19)27/h2,5,7,11-13,15,20-21H,3-4,6,8-10,14,16H2,1H3/t20-,21+. The highest BCUT2D eigenvalue weighted by atomic mass is 32.2. The molecule has 168 valence electrons. The zero-order valence-electron chi connectivity index (χ0n) is 18.3. The quantitative estimate of drug-likeness (QED) is 0.661. The maximum atomic E-state index is 13.7. The molecule has 1 aliphatic carbocycles. The van der Waals surface area contributed by atoms with Gasteiger partial charge in [-0.15, -0.1) is 0 Å². The van der Waals surface area contributed by atoms with Crippen LogP contribution in [0.3, 0.4) is 0 Å². The van der Waals surface area contributed by atoms with E-state index < -0.39 is 10.0 Å².